The first-order valence-corrected chi connectivity index (χ1v) is 3.76. The van der Waals surface area contributed by atoms with Gasteiger partial charge in [0.2, 0.25) is 0 Å². The van der Waals surface area contributed by atoms with Gasteiger partial charge in [-0.2, -0.15) is 5.10 Å². The largest absolute Gasteiger partial charge is 0.249 e. The molecule has 0 radical (unpaired) electrons. The van der Waals surface area contributed by atoms with Gasteiger partial charge in [0, 0.05) is 18.6 Å². The van der Waals surface area contributed by atoms with E-state index in [1.54, 1.807) is 10.9 Å². The second kappa shape index (κ2) is 2.91. The molecule has 0 fully saturated rings. The first-order chi connectivity index (χ1) is 5.08. The summed E-state index contributed by atoms with van der Waals surface area (Å²) in [5.41, 5.74) is 0.228. The first-order valence-electron chi connectivity index (χ1n) is 3.76. The van der Waals surface area contributed by atoms with Crippen LogP contribution in [0.2, 0.25) is 0 Å². The Morgan fingerprint density at radius 1 is 1.36 bits per heavy atom. The van der Waals surface area contributed by atoms with Gasteiger partial charge in [-0.1, -0.05) is 26.8 Å². The summed E-state index contributed by atoms with van der Waals surface area (Å²) in [5.74, 6) is 0. The molecule has 0 bridgehead atoms. The summed E-state index contributed by atoms with van der Waals surface area (Å²) in [5, 5.41) is 4.05. The van der Waals surface area contributed by atoms with Crippen LogP contribution in [0.3, 0.4) is 0 Å². The molecule has 0 aromatic carbocycles. The van der Waals surface area contributed by atoms with Gasteiger partial charge >= 0.3 is 0 Å². The van der Waals surface area contributed by atoms with Gasteiger partial charge in [0.05, 0.1) is 0 Å². The van der Waals surface area contributed by atoms with Crippen LogP contribution >= 0.6 is 0 Å². The van der Waals surface area contributed by atoms with Gasteiger partial charge in [-0.25, -0.2) is 4.68 Å². The maximum absolute atomic E-state index is 4.05. The van der Waals surface area contributed by atoms with E-state index in [0.29, 0.717) is 0 Å². The Morgan fingerprint density at radius 2 is 2.09 bits per heavy atom. The molecule has 2 nitrogen and oxygen atoms in total. The Bertz CT molecular complexity index is 227. The molecule has 0 aliphatic heterocycles. The van der Waals surface area contributed by atoms with Crippen molar-refractivity contribution in [2.45, 2.75) is 20.8 Å². The molecule has 0 aliphatic rings. The number of hydrogen-bond donors (Lipinski definition) is 0. The Balaban J connectivity index is 2.63. The van der Waals surface area contributed by atoms with Crippen molar-refractivity contribution < 1.29 is 0 Å². The van der Waals surface area contributed by atoms with Crippen LogP contribution in [0.4, 0.5) is 0 Å². The van der Waals surface area contributed by atoms with Crippen molar-refractivity contribution in [1.29, 1.82) is 0 Å². The third-order valence-electron chi connectivity index (χ3n) is 1.25. The fraction of sp³-hybridized carbons (Fsp3) is 0.444. The Hall–Kier alpha value is -1.05. The van der Waals surface area contributed by atoms with Crippen molar-refractivity contribution >= 4 is 6.20 Å². The molecule has 0 unspecified atom stereocenters. The molecular weight excluding hydrogens is 136 g/mol. The molecule has 1 rings (SSSR count). The lowest BCUT2D eigenvalue weighted by Crippen LogP contribution is -1.99. The van der Waals surface area contributed by atoms with Crippen molar-refractivity contribution in [1.82, 2.24) is 9.78 Å². The smallest absolute Gasteiger partial charge is 0.0493 e. The molecule has 1 heterocycles. The lowest BCUT2D eigenvalue weighted by atomic mass is 9.97. The van der Waals surface area contributed by atoms with E-state index < -0.39 is 0 Å². The molecule has 11 heavy (non-hydrogen) atoms. The molecule has 0 atom stereocenters. The molecule has 0 spiro atoms. The molecule has 0 amide bonds. The molecule has 1 aromatic rings. The van der Waals surface area contributed by atoms with Crippen LogP contribution in [0.5, 0.6) is 0 Å². The zero-order valence-electron chi connectivity index (χ0n) is 7.28. The highest BCUT2D eigenvalue weighted by Crippen LogP contribution is 2.14. The highest BCUT2D eigenvalue weighted by molar-refractivity contribution is 5.22. The van der Waals surface area contributed by atoms with E-state index in [0.717, 1.165) is 0 Å². The minimum absolute atomic E-state index is 0.228. The highest BCUT2D eigenvalue weighted by atomic mass is 15.2. The van der Waals surface area contributed by atoms with E-state index in [2.05, 4.69) is 31.9 Å². The maximum atomic E-state index is 4.05. The highest BCUT2D eigenvalue weighted by Gasteiger charge is 2.02. The van der Waals surface area contributed by atoms with E-state index >= 15 is 0 Å². The molecule has 0 aliphatic carbocycles. The van der Waals surface area contributed by atoms with E-state index in [9.17, 15) is 0 Å². The van der Waals surface area contributed by atoms with Crippen LogP contribution in [-0.2, 0) is 0 Å². The second-order valence-corrected chi connectivity index (χ2v) is 3.67. The Labute approximate surface area is 67.5 Å². The van der Waals surface area contributed by atoms with E-state index in [-0.39, 0.29) is 5.41 Å². The Kier molecular flexibility index (Phi) is 2.13. The SMILES string of the molecule is CC(C)(C)/C=C/n1cccn1. The summed E-state index contributed by atoms with van der Waals surface area (Å²) in [4.78, 5) is 0. The second-order valence-electron chi connectivity index (χ2n) is 3.67. The fourth-order valence-electron chi connectivity index (χ4n) is 0.669. The van der Waals surface area contributed by atoms with Crippen molar-refractivity contribution in [3.05, 3.63) is 24.5 Å². The van der Waals surface area contributed by atoms with Crippen molar-refractivity contribution in [3.63, 3.8) is 0 Å². The van der Waals surface area contributed by atoms with Crippen LogP contribution in [0.25, 0.3) is 6.20 Å². The predicted octanol–water partition coefficient (Wildman–Crippen LogP) is 2.40. The average Bonchev–Trinajstić information content (AvgIpc) is 2.32. The van der Waals surface area contributed by atoms with Gasteiger partial charge in [-0.3, -0.25) is 0 Å². The molecule has 0 saturated carbocycles. The zero-order chi connectivity index (χ0) is 8.32. The third-order valence-corrected chi connectivity index (χ3v) is 1.25. The maximum Gasteiger partial charge on any atom is 0.0493 e. The van der Waals surface area contributed by atoms with Crippen LogP contribution in [-0.4, -0.2) is 9.78 Å². The minimum Gasteiger partial charge on any atom is -0.249 e. The van der Waals surface area contributed by atoms with Crippen LogP contribution in [0.15, 0.2) is 24.5 Å². The monoisotopic (exact) mass is 150 g/mol. The lowest BCUT2D eigenvalue weighted by molar-refractivity contribution is 0.545. The van der Waals surface area contributed by atoms with Gasteiger partial charge in [0.25, 0.3) is 0 Å². The van der Waals surface area contributed by atoms with Crippen molar-refractivity contribution in [3.8, 4) is 0 Å². The molecule has 0 saturated heterocycles. The first kappa shape index (κ1) is 8.05. The van der Waals surface area contributed by atoms with Gasteiger partial charge in [0.1, 0.15) is 0 Å². The van der Waals surface area contributed by atoms with Gasteiger partial charge in [-0.05, 0) is 11.5 Å². The molecule has 0 N–H and O–H groups in total. The quantitative estimate of drug-likeness (QED) is 0.601. The number of rotatable bonds is 1. The Morgan fingerprint density at radius 3 is 2.55 bits per heavy atom. The number of nitrogens with zero attached hydrogens (tertiary/aromatic N) is 2. The third kappa shape index (κ3) is 3.03. The van der Waals surface area contributed by atoms with Crippen molar-refractivity contribution in [2.24, 2.45) is 5.41 Å². The van der Waals surface area contributed by atoms with Crippen LogP contribution in [0.1, 0.15) is 20.8 Å². The number of allylic oxidation sites excluding steroid dienone is 1. The number of hydrogen-bond acceptors (Lipinski definition) is 1. The summed E-state index contributed by atoms with van der Waals surface area (Å²) in [6.45, 7) is 6.48. The average molecular weight is 150 g/mol. The van der Waals surface area contributed by atoms with Gasteiger partial charge < -0.3 is 0 Å². The van der Waals surface area contributed by atoms with Crippen molar-refractivity contribution in [2.75, 3.05) is 0 Å². The zero-order valence-corrected chi connectivity index (χ0v) is 7.28. The minimum atomic E-state index is 0.228. The molecular formula is C9H14N2. The number of aromatic nitrogens is 2. The topological polar surface area (TPSA) is 17.8 Å². The fourth-order valence-corrected chi connectivity index (χ4v) is 0.669. The van der Waals surface area contributed by atoms with E-state index in [1.165, 1.54) is 0 Å². The summed E-state index contributed by atoms with van der Waals surface area (Å²) in [7, 11) is 0. The van der Waals surface area contributed by atoms with Crippen LogP contribution < -0.4 is 0 Å². The van der Waals surface area contributed by atoms with E-state index in [4.69, 9.17) is 0 Å². The molecule has 60 valence electrons. The summed E-state index contributed by atoms with van der Waals surface area (Å²) < 4.78 is 1.80. The van der Waals surface area contributed by atoms with Gasteiger partial charge in [0.15, 0.2) is 0 Å². The predicted molar refractivity (Wildman–Crippen MR) is 47.0 cm³/mol. The molecule has 1 aromatic heterocycles. The summed E-state index contributed by atoms with van der Waals surface area (Å²) in [6, 6.07) is 1.91. The molecule has 2 heteroatoms. The normalized spacial score (nSPS) is 12.6. The van der Waals surface area contributed by atoms with E-state index in [1.807, 2.05) is 18.5 Å². The summed E-state index contributed by atoms with van der Waals surface area (Å²) >= 11 is 0. The lowest BCUT2D eigenvalue weighted by Gasteiger charge is -2.10. The van der Waals surface area contributed by atoms with Crippen LogP contribution in [0, 0.1) is 5.41 Å². The summed E-state index contributed by atoms with van der Waals surface area (Å²) in [6.07, 6.45) is 7.79. The van der Waals surface area contributed by atoms with Gasteiger partial charge in [-0.15, -0.1) is 0 Å². The standard InChI is InChI=1S/C9H14N2/c1-9(2,3)5-8-11-7-4-6-10-11/h4-8H,1-3H3/b8-5+.